The van der Waals surface area contributed by atoms with E-state index in [2.05, 4.69) is 24.8 Å². The van der Waals surface area contributed by atoms with Gasteiger partial charge in [0.05, 0.1) is 18.8 Å². The van der Waals surface area contributed by atoms with E-state index in [1.54, 1.807) is 24.0 Å². The molecule has 0 spiro atoms. The number of rotatable bonds is 4. The Bertz CT molecular complexity index is 248. The number of nitrogens with one attached hydrogen (secondary N) is 1. The Hall–Kier alpha value is -0.800. The number of hydrogen-bond acceptors (Lipinski definition) is 4. The molecule has 12 heavy (non-hydrogen) atoms. The quantitative estimate of drug-likeness (QED) is 0.651. The van der Waals surface area contributed by atoms with E-state index in [1.807, 2.05) is 0 Å². The van der Waals surface area contributed by atoms with Crippen LogP contribution in [0, 0.1) is 0 Å². The molecular formula is C6H11N4OP. The summed E-state index contributed by atoms with van der Waals surface area (Å²) in [5.74, 6) is 0.0838. The smallest absolute Gasteiger partial charge is 0.148 e. The van der Waals surface area contributed by atoms with E-state index in [0.717, 1.165) is 0 Å². The molecule has 0 radical (unpaired) electrons. The predicted octanol–water partition coefficient (Wildman–Crippen LogP) is -0.385. The number of nitrogens with zero attached hydrogens (tertiary/aromatic N) is 3. The number of aromatic nitrogens is 3. The molecule has 1 N–H and O–H groups in total. The van der Waals surface area contributed by atoms with Gasteiger partial charge < -0.3 is 0 Å². The van der Waals surface area contributed by atoms with Crippen LogP contribution in [-0.4, -0.2) is 26.8 Å². The van der Waals surface area contributed by atoms with Crippen LogP contribution in [0.4, 0.5) is 0 Å². The molecule has 0 aromatic carbocycles. The highest BCUT2D eigenvalue weighted by molar-refractivity contribution is 7.13. The van der Waals surface area contributed by atoms with Gasteiger partial charge in [-0.3, -0.25) is 14.6 Å². The number of carbonyl (C=O) groups excluding carboxylic acids is 1. The van der Waals surface area contributed by atoms with Gasteiger partial charge in [0, 0.05) is 6.20 Å². The third kappa shape index (κ3) is 2.36. The van der Waals surface area contributed by atoms with Crippen LogP contribution < -0.4 is 5.09 Å². The zero-order valence-electron chi connectivity index (χ0n) is 6.77. The minimum Gasteiger partial charge on any atom is -0.298 e. The van der Waals surface area contributed by atoms with Crippen molar-refractivity contribution >= 4 is 15.2 Å². The van der Waals surface area contributed by atoms with Gasteiger partial charge in [-0.2, -0.15) is 0 Å². The summed E-state index contributed by atoms with van der Waals surface area (Å²) in [5, 5.41) is 10.2. The minimum absolute atomic E-state index is 0.0838. The molecule has 2 unspecified atom stereocenters. The largest absolute Gasteiger partial charge is 0.298 e. The summed E-state index contributed by atoms with van der Waals surface area (Å²) in [6, 6.07) is -0.211. The standard InChI is InChI=1S/C6H11N4OP/c1-5(11)6(8-12)4-10-3-2-7-9-10/h2-3,6,8H,4,12H2,1H3. The predicted molar refractivity (Wildman–Crippen MR) is 47.3 cm³/mol. The van der Waals surface area contributed by atoms with Crippen LogP contribution in [0.2, 0.25) is 0 Å². The number of Topliss-reactive ketones (excluding diaryl/α,β-unsaturated/α-hetero) is 1. The van der Waals surface area contributed by atoms with E-state index in [0.29, 0.717) is 6.54 Å². The van der Waals surface area contributed by atoms with E-state index in [4.69, 9.17) is 0 Å². The lowest BCUT2D eigenvalue weighted by atomic mass is 10.2. The molecule has 66 valence electrons. The van der Waals surface area contributed by atoms with Gasteiger partial charge >= 0.3 is 0 Å². The third-order valence-electron chi connectivity index (χ3n) is 1.53. The lowest BCUT2D eigenvalue weighted by molar-refractivity contribution is -0.118. The van der Waals surface area contributed by atoms with Crippen LogP contribution in [0.15, 0.2) is 12.4 Å². The van der Waals surface area contributed by atoms with Gasteiger partial charge in [0.1, 0.15) is 5.78 Å². The fourth-order valence-corrected chi connectivity index (χ4v) is 1.16. The van der Waals surface area contributed by atoms with Crippen LogP contribution >= 0.6 is 9.39 Å². The van der Waals surface area contributed by atoms with Crippen LogP contribution in [0.3, 0.4) is 0 Å². The second-order valence-corrected chi connectivity index (χ2v) is 2.79. The molecule has 5 nitrogen and oxygen atoms in total. The topological polar surface area (TPSA) is 59.8 Å². The average molecular weight is 186 g/mol. The van der Waals surface area contributed by atoms with Gasteiger partial charge in [-0.25, -0.2) is 0 Å². The van der Waals surface area contributed by atoms with Crippen molar-refractivity contribution < 1.29 is 4.79 Å². The Morgan fingerprint density at radius 1 is 1.83 bits per heavy atom. The second-order valence-electron chi connectivity index (χ2n) is 2.45. The number of hydrogen-bond donors (Lipinski definition) is 1. The molecule has 1 rings (SSSR count). The van der Waals surface area contributed by atoms with Crippen LogP contribution in [0.25, 0.3) is 0 Å². The lowest BCUT2D eigenvalue weighted by Gasteiger charge is -2.10. The molecule has 0 amide bonds. The molecular weight excluding hydrogens is 175 g/mol. The minimum atomic E-state index is -0.211. The van der Waals surface area contributed by atoms with Crippen molar-refractivity contribution in [3.63, 3.8) is 0 Å². The molecule has 1 aromatic rings. The van der Waals surface area contributed by atoms with Gasteiger partial charge in [-0.1, -0.05) is 14.6 Å². The first-order chi connectivity index (χ1) is 5.74. The van der Waals surface area contributed by atoms with E-state index in [9.17, 15) is 4.79 Å². The first-order valence-corrected chi connectivity index (χ1v) is 4.12. The monoisotopic (exact) mass is 186 g/mol. The van der Waals surface area contributed by atoms with Crippen molar-refractivity contribution in [2.75, 3.05) is 0 Å². The maximum absolute atomic E-state index is 11.0. The fourth-order valence-electron chi connectivity index (χ4n) is 0.816. The molecule has 1 heterocycles. The first-order valence-electron chi connectivity index (χ1n) is 3.54. The molecule has 0 aliphatic rings. The van der Waals surface area contributed by atoms with Crippen molar-refractivity contribution in [1.82, 2.24) is 20.1 Å². The molecule has 1 aromatic heterocycles. The summed E-state index contributed by atoms with van der Waals surface area (Å²) in [6.07, 6.45) is 3.30. The molecule has 0 aliphatic carbocycles. The van der Waals surface area contributed by atoms with Gasteiger partial charge in [-0.15, -0.1) is 5.10 Å². The first kappa shape index (κ1) is 9.29. The fraction of sp³-hybridized carbons (Fsp3) is 0.500. The van der Waals surface area contributed by atoms with Gasteiger partial charge in [-0.05, 0) is 6.92 Å². The Morgan fingerprint density at radius 2 is 2.58 bits per heavy atom. The summed E-state index contributed by atoms with van der Waals surface area (Å²) in [4.78, 5) is 11.0. The third-order valence-corrected chi connectivity index (χ3v) is 1.94. The normalized spacial score (nSPS) is 12.8. The molecule has 0 bridgehead atoms. The van der Waals surface area contributed by atoms with Crippen LogP contribution in [0.5, 0.6) is 0 Å². The molecule has 0 fully saturated rings. The second kappa shape index (κ2) is 4.28. The highest BCUT2D eigenvalue weighted by Crippen LogP contribution is 1.93. The van der Waals surface area contributed by atoms with Crippen molar-refractivity contribution in [3.8, 4) is 0 Å². The van der Waals surface area contributed by atoms with Crippen molar-refractivity contribution in [1.29, 1.82) is 0 Å². The van der Waals surface area contributed by atoms with Gasteiger partial charge in [0.2, 0.25) is 0 Å². The summed E-state index contributed by atoms with van der Waals surface area (Å²) < 4.78 is 1.61. The number of ketones is 1. The highest BCUT2D eigenvalue weighted by Gasteiger charge is 2.11. The highest BCUT2D eigenvalue weighted by atomic mass is 31.0. The lowest BCUT2D eigenvalue weighted by Crippen LogP contribution is -2.33. The summed E-state index contributed by atoms with van der Waals surface area (Å²) in [5.41, 5.74) is 0. The van der Waals surface area contributed by atoms with Crippen molar-refractivity contribution in [3.05, 3.63) is 12.4 Å². The van der Waals surface area contributed by atoms with E-state index < -0.39 is 0 Å². The molecule has 2 atom stereocenters. The van der Waals surface area contributed by atoms with E-state index in [1.165, 1.54) is 0 Å². The molecule has 0 aliphatic heterocycles. The molecule has 6 heteroatoms. The Kier molecular flexibility index (Phi) is 3.31. The number of carbonyl (C=O) groups is 1. The molecule has 0 saturated heterocycles. The van der Waals surface area contributed by atoms with Crippen molar-refractivity contribution in [2.45, 2.75) is 19.5 Å². The van der Waals surface area contributed by atoms with Gasteiger partial charge in [0.25, 0.3) is 0 Å². The van der Waals surface area contributed by atoms with E-state index in [-0.39, 0.29) is 11.8 Å². The average Bonchev–Trinajstić information content (AvgIpc) is 2.51. The maximum Gasteiger partial charge on any atom is 0.148 e. The maximum atomic E-state index is 11.0. The summed E-state index contributed by atoms with van der Waals surface area (Å²) in [6.45, 7) is 2.05. The summed E-state index contributed by atoms with van der Waals surface area (Å²) in [7, 11) is 2.32. The van der Waals surface area contributed by atoms with Crippen LogP contribution in [0.1, 0.15) is 6.92 Å². The zero-order chi connectivity index (χ0) is 8.97. The molecule has 0 saturated carbocycles. The van der Waals surface area contributed by atoms with E-state index >= 15 is 0 Å². The Labute approximate surface area is 72.8 Å². The Morgan fingerprint density at radius 3 is 3.00 bits per heavy atom. The van der Waals surface area contributed by atoms with Crippen LogP contribution in [-0.2, 0) is 11.3 Å². The SMILES string of the molecule is CC(=O)C(Cn1ccnn1)NP. The summed E-state index contributed by atoms with van der Waals surface area (Å²) >= 11 is 0. The van der Waals surface area contributed by atoms with Gasteiger partial charge in [0.15, 0.2) is 0 Å². The zero-order valence-corrected chi connectivity index (χ0v) is 7.92. The Balaban J connectivity index is 2.54. The van der Waals surface area contributed by atoms with Crippen molar-refractivity contribution in [2.24, 2.45) is 0 Å².